The van der Waals surface area contributed by atoms with Crippen LogP contribution in [0.1, 0.15) is 0 Å². The van der Waals surface area contributed by atoms with Gasteiger partial charge in [-0.05, 0) is 18.2 Å². The Kier molecular flexibility index (Phi) is 3.34. The molecule has 2 aromatic rings. The second kappa shape index (κ2) is 4.83. The normalized spacial score (nSPS) is 11.2. The molecule has 10 heteroatoms. The van der Waals surface area contributed by atoms with E-state index in [1.54, 1.807) is 0 Å². The second-order valence-electron chi connectivity index (χ2n) is 3.89. The molecule has 0 atom stereocenters. The number of aromatic nitrogens is 2. The molecular weight excluding hydrogens is 284 g/mol. The van der Waals surface area contributed by atoms with Crippen LogP contribution in [0.5, 0.6) is 0 Å². The summed E-state index contributed by atoms with van der Waals surface area (Å²) >= 11 is 0. The minimum Gasteiger partial charge on any atom is -0.399 e. The molecule has 1 aromatic heterocycles. The van der Waals surface area contributed by atoms with Crippen LogP contribution in [0.15, 0.2) is 29.2 Å². The van der Waals surface area contributed by atoms with E-state index < -0.39 is 10.1 Å². The summed E-state index contributed by atoms with van der Waals surface area (Å²) in [5, 5.41) is 2.67. The largest absolute Gasteiger partial charge is 0.399 e. The van der Waals surface area contributed by atoms with Crippen LogP contribution in [0.4, 0.5) is 29.0 Å². The lowest BCUT2D eigenvalue weighted by Crippen LogP contribution is -2.07. The van der Waals surface area contributed by atoms with Crippen LogP contribution in [-0.4, -0.2) is 22.9 Å². The van der Waals surface area contributed by atoms with E-state index in [0.29, 0.717) is 5.69 Å². The van der Waals surface area contributed by atoms with Gasteiger partial charge < -0.3 is 22.5 Å². The van der Waals surface area contributed by atoms with Crippen molar-refractivity contribution in [3.05, 3.63) is 24.3 Å². The summed E-state index contributed by atoms with van der Waals surface area (Å²) in [7, 11) is -4.41. The molecule has 20 heavy (non-hydrogen) atoms. The van der Waals surface area contributed by atoms with Gasteiger partial charge in [-0.1, -0.05) is 0 Å². The number of nitrogens with zero attached hydrogens (tertiary/aromatic N) is 2. The topological polar surface area (TPSA) is 170 Å². The molecule has 0 unspecified atom stereocenters. The first-order valence-electron chi connectivity index (χ1n) is 5.30. The van der Waals surface area contributed by atoms with Crippen LogP contribution in [0.3, 0.4) is 0 Å². The van der Waals surface area contributed by atoms with E-state index in [9.17, 15) is 8.42 Å². The van der Waals surface area contributed by atoms with Gasteiger partial charge in [0, 0.05) is 11.8 Å². The number of hydrogen-bond donors (Lipinski definition) is 5. The SMILES string of the molecule is Nc1ccc(S(=O)(=O)O)c(Nc2cc(N)nc(N)n2)c1. The van der Waals surface area contributed by atoms with Crippen molar-refractivity contribution < 1.29 is 13.0 Å². The molecule has 2 rings (SSSR count). The third-order valence-electron chi connectivity index (χ3n) is 2.31. The maximum Gasteiger partial charge on any atom is 0.296 e. The van der Waals surface area contributed by atoms with Gasteiger partial charge >= 0.3 is 0 Å². The predicted octanol–water partition coefficient (Wildman–Crippen LogP) is 0.213. The summed E-state index contributed by atoms with van der Waals surface area (Å²) in [6.45, 7) is 0. The van der Waals surface area contributed by atoms with Gasteiger partial charge in [0.05, 0.1) is 5.69 Å². The Labute approximate surface area is 114 Å². The van der Waals surface area contributed by atoms with Crippen LogP contribution >= 0.6 is 0 Å². The highest BCUT2D eigenvalue weighted by Crippen LogP contribution is 2.27. The molecule has 106 valence electrons. The zero-order valence-corrected chi connectivity index (χ0v) is 10.9. The van der Waals surface area contributed by atoms with Gasteiger partial charge in [-0.15, -0.1) is 0 Å². The minimum atomic E-state index is -4.41. The molecule has 0 fully saturated rings. The highest BCUT2D eigenvalue weighted by molar-refractivity contribution is 7.86. The monoisotopic (exact) mass is 296 g/mol. The van der Waals surface area contributed by atoms with Crippen molar-refractivity contribution in [3.63, 3.8) is 0 Å². The first-order chi connectivity index (χ1) is 9.25. The molecule has 9 nitrogen and oxygen atoms in total. The first-order valence-corrected chi connectivity index (χ1v) is 6.74. The van der Waals surface area contributed by atoms with Gasteiger partial charge in [-0.25, -0.2) is 0 Å². The van der Waals surface area contributed by atoms with E-state index >= 15 is 0 Å². The quantitative estimate of drug-likeness (QED) is 0.392. The van der Waals surface area contributed by atoms with Gasteiger partial charge in [0.2, 0.25) is 5.95 Å². The fourth-order valence-corrected chi connectivity index (χ4v) is 2.19. The fourth-order valence-electron chi connectivity index (χ4n) is 1.56. The molecule has 8 N–H and O–H groups in total. The molecule has 0 bridgehead atoms. The summed E-state index contributed by atoms with van der Waals surface area (Å²) in [6.07, 6.45) is 0. The second-order valence-corrected chi connectivity index (χ2v) is 5.28. The Morgan fingerprint density at radius 1 is 1.10 bits per heavy atom. The highest BCUT2D eigenvalue weighted by atomic mass is 32.2. The molecule has 0 spiro atoms. The lowest BCUT2D eigenvalue weighted by molar-refractivity contribution is 0.483. The molecule has 0 amide bonds. The van der Waals surface area contributed by atoms with Crippen molar-refractivity contribution in [1.82, 2.24) is 9.97 Å². The van der Waals surface area contributed by atoms with Crippen LogP contribution < -0.4 is 22.5 Å². The maximum atomic E-state index is 11.3. The Morgan fingerprint density at radius 3 is 2.40 bits per heavy atom. The molecule has 0 aliphatic heterocycles. The van der Waals surface area contributed by atoms with E-state index in [4.69, 9.17) is 21.8 Å². The molecule has 0 saturated heterocycles. The third-order valence-corrected chi connectivity index (χ3v) is 3.22. The lowest BCUT2D eigenvalue weighted by atomic mass is 10.3. The number of nitrogens with two attached hydrogens (primary N) is 3. The van der Waals surface area contributed by atoms with Crippen molar-refractivity contribution in [2.75, 3.05) is 22.5 Å². The van der Waals surface area contributed by atoms with Crippen LogP contribution in [0, 0.1) is 0 Å². The number of nitrogens with one attached hydrogen (secondary N) is 1. The van der Waals surface area contributed by atoms with Crippen molar-refractivity contribution in [2.24, 2.45) is 0 Å². The van der Waals surface area contributed by atoms with Crippen molar-refractivity contribution >= 4 is 39.1 Å². The van der Waals surface area contributed by atoms with E-state index in [0.717, 1.165) is 0 Å². The van der Waals surface area contributed by atoms with Crippen molar-refractivity contribution in [1.29, 1.82) is 0 Å². The van der Waals surface area contributed by atoms with Gasteiger partial charge in [-0.3, -0.25) is 4.55 Å². The van der Waals surface area contributed by atoms with Crippen LogP contribution in [0.2, 0.25) is 0 Å². The fraction of sp³-hybridized carbons (Fsp3) is 0. The van der Waals surface area contributed by atoms with Gasteiger partial charge in [0.15, 0.2) is 0 Å². The number of rotatable bonds is 3. The van der Waals surface area contributed by atoms with Gasteiger partial charge in [0.25, 0.3) is 10.1 Å². The van der Waals surface area contributed by atoms with Crippen molar-refractivity contribution in [2.45, 2.75) is 4.90 Å². The predicted molar refractivity (Wildman–Crippen MR) is 74.8 cm³/mol. The molecule has 0 radical (unpaired) electrons. The number of benzene rings is 1. The van der Waals surface area contributed by atoms with E-state index in [2.05, 4.69) is 15.3 Å². The molecule has 0 aliphatic rings. The van der Waals surface area contributed by atoms with Gasteiger partial charge in [-0.2, -0.15) is 18.4 Å². The van der Waals surface area contributed by atoms with E-state index in [1.807, 2.05) is 0 Å². The summed E-state index contributed by atoms with van der Waals surface area (Å²) in [4.78, 5) is 7.17. The number of hydrogen-bond acceptors (Lipinski definition) is 8. The molecule has 1 heterocycles. The molecule has 0 aliphatic carbocycles. The summed E-state index contributed by atoms with van der Waals surface area (Å²) in [5.41, 5.74) is 16.9. The number of nitrogen functional groups attached to an aromatic ring is 3. The standard InChI is InChI=1S/C10H12N6O3S/c11-5-1-2-7(20(17,18)19)6(3-5)14-9-4-8(12)15-10(13)16-9/h1-4H,11H2,(H,17,18,19)(H5,12,13,14,15,16). The molecule has 1 aromatic carbocycles. The zero-order chi connectivity index (χ0) is 14.9. The molecule has 0 saturated carbocycles. The van der Waals surface area contributed by atoms with Crippen LogP contribution in [0.25, 0.3) is 0 Å². The third kappa shape index (κ3) is 3.05. The van der Waals surface area contributed by atoms with E-state index in [-0.39, 0.29) is 28.2 Å². The minimum absolute atomic E-state index is 0.0463. The van der Waals surface area contributed by atoms with Gasteiger partial charge in [0.1, 0.15) is 16.5 Å². The Morgan fingerprint density at radius 2 is 1.80 bits per heavy atom. The highest BCUT2D eigenvalue weighted by Gasteiger charge is 2.16. The lowest BCUT2D eigenvalue weighted by Gasteiger charge is -2.11. The maximum absolute atomic E-state index is 11.3. The van der Waals surface area contributed by atoms with Crippen molar-refractivity contribution in [3.8, 4) is 0 Å². The smallest absolute Gasteiger partial charge is 0.296 e. The first kappa shape index (κ1) is 13.8. The Balaban J connectivity index is 2.50. The Bertz CT molecular complexity index is 741. The summed E-state index contributed by atoms with van der Waals surface area (Å²) in [6, 6.07) is 5.20. The average Bonchev–Trinajstić information content (AvgIpc) is 2.25. The average molecular weight is 296 g/mol. The van der Waals surface area contributed by atoms with Crippen LogP contribution in [-0.2, 0) is 10.1 Å². The number of anilines is 5. The Hall–Kier alpha value is -2.59. The summed E-state index contributed by atoms with van der Waals surface area (Å²) < 4.78 is 31.7. The zero-order valence-electron chi connectivity index (χ0n) is 10.1. The van der Waals surface area contributed by atoms with E-state index in [1.165, 1.54) is 24.3 Å². The summed E-state index contributed by atoms with van der Waals surface area (Å²) in [5.74, 6) is 0.201. The molecular formula is C10H12N6O3S.